The molecule has 0 bridgehead atoms. The number of hydrogen-bond acceptors (Lipinski definition) is 5. The number of benzene rings is 2. The van der Waals surface area contributed by atoms with Crippen molar-refractivity contribution in [3.8, 4) is 11.5 Å². The van der Waals surface area contributed by atoms with Crippen LogP contribution in [0.3, 0.4) is 0 Å². The largest absolute Gasteiger partial charge is 0.494 e. The van der Waals surface area contributed by atoms with Gasteiger partial charge in [-0.2, -0.15) is 0 Å². The first kappa shape index (κ1) is 19.0. The third-order valence-electron chi connectivity index (χ3n) is 3.76. The van der Waals surface area contributed by atoms with Gasteiger partial charge in [0.25, 0.3) is 5.91 Å². The number of methoxy groups -OCH3 is 1. The Morgan fingerprint density at radius 2 is 1.89 bits per heavy atom. The highest BCUT2D eigenvalue weighted by atomic mass is 32.2. The summed E-state index contributed by atoms with van der Waals surface area (Å²) in [6.07, 6.45) is 1.97. The number of amides is 1. The van der Waals surface area contributed by atoms with Crippen molar-refractivity contribution in [2.45, 2.75) is 26.9 Å². The molecule has 1 heterocycles. The predicted octanol–water partition coefficient (Wildman–Crippen LogP) is 4.68. The normalized spacial score (nSPS) is 16.9. The van der Waals surface area contributed by atoms with Crippen molar-refractivity contribution in [3.63, 3.8) is 0 Å². The molecule has 0 atom stereocenters. The van der Waals surface area contributed by atoms with E-state index in [2.05, 4.69) is 10.3 Å². The summed E-state index contributed by atoms with van der Waals surface area (Å²) in [6.45, 7) is 5.96. The Morgan fingerprint density at radius 3 is 2.56 bits per heavy atom. The van der Waals surface area contributed by atoms with Crippen molar-refractivity contribution < 1.29 is 14.3 Å². The number of rotatable bonds is 5. The van der Waals surface area contributed by atoms with Crippen molar-refractivity contribution in [2.24, 2.45) is 4.99 Å². The molecule has 1 fully saturated rings. The maximum atomic E-state index is 12.3. The molecule has 0 unspecified atom stereocenters. The first-order chi connectivity index (χ1) is 12.9. The monoisotopic (exact) mass is 382 g/mol. The first-order valence-electron chi connectivity index (χ1n) is 8.65. The Kier molecular flexibility index (Phi) is 5.86. The molecule has 0 radical (unpaired) electrons. The minimum absolute atomic E-state index is 0.128. The van der Waals surface area contributed by atoms with E-state index in [1.54, 1.807) is 7.11 Å². The number of nitrogens with zero attached hydrogens (tertiary/aromatic N) is 1. The molecule has 140 valence electrons. The molecule has 1 aliphatic heterocycles. The van der Waals surface area contributed by atoms with Gasteiger partial charge in [0.1, 0.15) is 17.2 Å². The topological polar surface area (TPSA) is 59.9 Å². The fraction of sp³-hybridized carbons (Fsp3) is 0.238. The van der Waals surface area contributed by atoms with E-state index < -0.39 is 0 Å². The molecule has 2 aromatic carbocycles. The van der Waals surface area contributed by atoms with Crippen LogP contribution in [0.4, 0.5) is 5.69 Å². The minimum atomic E-state index is -0.159. The van der Waals surface area contributed by atoms with Crippen LogP contribution >= 0.6 is 11.8 Å². The highest BCUT2D eigenvalue weighted by Crippen LogP contribution is 2.33. The second-order valence-electron chi connectivity index (χ2n) is 6.39. The second kappa shape index (κ2) is 8.31. The summed E-state index contributed by atoms with van der Waals surface area (Å²) in [6, 6.07) is 13.4. The number of ether oxygens (including phenoxy) is 2. The molecular formula is C21H22N2O3S. The summed E-state index contributed by atoms with van der Waals surface area (Å²) in [4.78, 5) is 17.4. The fourth-order valence-electron chi connectivity index (χ4n) is 2.54. The molecule has 1 amide bonds. The van der Waals surface area contributed by atoms with Crippen molar-refractivity contribution in [2.75, 3.05) is 7.11 Å². The van der Waals surface area contributed by atoms with Crippen LogP contribution in [-0.4, -0.2) is 24.3 Å². The van der Waals surface area contributed by atoms with Crippen LogP contribution in [0.25, 0.3) is 6.08 Å². The molecule has 1 N–H and O–H groups in total. The number of aliphatic imine (C=N–C) groups is 1. The molecule has 0 aromatic heterocycles. The van der Waals surface area contributed by atoms with Gasteiger partial charge in [-0.1, -0.05) is 18.2 Å². The van der Waals surface area contributed by atoms with Crippen LogP contribution in [0.2, 0.25) is 0 Å². The zero-order chi connectivity index (χ0) is 19.4. The summed E-state index contributed by atoms with van der Waals surface area (Å²) in [7, 11) is 1.60. The number of aryl methyl sites for hydroxylation is 1. The average Bonchev–Trinajstić information content (AvgIpc) is 2.95. The molecule has 1 saturated heterocycles. The Labute approximate surface area is 163 Å². The second-order valence-corrected chi connectivity index (χ2v) is 7.42. The van der Waals surface area contributed by atoms with Crippen molar-refractivity contribution in [1.29, 1.82) is 0 Å². The maximum absolute atomic E-state index is 12.3. The SMILES string of the molecule is COc1ccc(C)cc1N=C1NC(=O)/C(=C/c2ccc(OC(C)C)cc2)S1. The molecule has 5 nitrogen and oxygen atoms in total. The van der Waals surface area contributed by atoms with E-state index in [1.807, 2.05) is 69.3 Å². The van der Waals surface area contributed by atoms with Crippen molar-refractivity contribution >= 4 is 34.6 Å². The lowest BCUT2D eigenvalue weighted by molar-refractivity contribution is -0.115. The third-order valence-corrected chi connectivity index (χ3v) is 4.67. The summed E-state index contributed by atoms with van der Waals surface area (Å²) in [5.41, 5.74) is 2.69. The summed E-state index contributed by atoms with van der Waals surface area (Å²) >= 11 is 1.31. The van der Waals surface area contributed by atoms with Gasteiger partial charge in [0.15, 0.2) is 5.17 Å². The van der Waals surface area contributed by atoms with E-state index >= 15 is 0 Å². The Hall–Kier alpha value is -2.73. The average molecular weight is 382 g/mol. The van der Waals surface area contributed by atoms with Crippen LogP contribution in [0.15, 0.2) is 52.4 Å². The van der Waals surface area contributed by atoms with Gasteiger partial charge < -0.3 is 14.8 Å². The highest BCUT2D eigenvalue weighted by molar-refractivity contribution is 8.18. The number of hydrogen-bond donors (Lipinski definition) is 1. The van der Waals surface area contributed by atoms with Gasteiger partial charge in [-0.3, -0.25) is 4.79 Å². The van der Waals surface area contributed by atoms with E-state index in [9.17, 15) is 4.79 Å². The lowest BCUT2D eigenvalue weighted by atomic mass is 10.2. The Bertz CT molecular complexity index is 902. The van der Waals surface area contributed by atoms with Crippen LogP contribution in [0.5, 0.6) is 11.5 Å². The fourth-order valence-corrected chi connectivity index (χ4v) is 3.38. The third kappa shape index (κ3) is 4.92. The predicted molar refractivity (Wildman–Crippen MR) is 111 cm³/mol. The molecule has 6 heteroatoms. The summed E-state index contributed by atoms with van der Waals surface area (Å²) in [5, 5.41) is 3.34. The molecule has 3 rings (SSSR count). The standard InChI is InChI=1S/C21H22N2O3S/c1-13(2)26-16-8-6-15(7-9-16)12-19-20(24)23-21(27-19)22-17-11-14(3)5-10-18(17)25-4/h5-13H,1-4H3,(H,22,23,24)/b19-12-. The van der Waals surface area contributed by atoms with E-state index in [4.69, 9.17) is 9.47 Å². The molecule has 0 aliphatic carbocycles. The summed E-state index contributed by atoms with van der Waals surface area (Å²) in [5.74, 6) is 1.32. The number of thioether (sulfide) groups is 1. The number of nitrogens with one attached hydrogen (secondary N) is 1. The van der Waals surface area contributed by atoms with Gasteiger partial charge in [0.05, 0.1) is 18.1 Å². The number of carbonyl (C=O) groups excluding carboxylic acids is 1. The van der Waals surface area contributed by atoms with E-state index in [0.717, 1.165) is 16.9 Å². The van der Waals surface area contributed by atoms with Gasteiger partial charge in [0, 0.05) is 0 Å². The molecule has 27 heavy (non-hydrogen) atoms. The van der Waals surface area contributed by atoms with Gasteiger partial charge in [-0.15, -0.1) is 0 Å². The Balaban J connectivity index is 1.79. The van der Waals surface area contributed by atoms with E-state index in [-0.39, 0.29) is 12.0 Å². The lowest BCUT2D eigenvalue weighted by Gasteiger charge is -2.09. The maximum Gasteiger partial charge on any atom is 0.264 e. The van der Waals surface area contributed by atoms with Gasteiger partial charge in [0.2, 0.25) is 0 Å². The van der Waals surface area contributed by atoms with Crippen LogP contribution < -0.4 is 14.8 Å². The number of carbonyl (C=O) groups is 1. The van der Waals surface area contributed by atoms with E-state index in [0.29, 0.717) is 21.5 Å². The first-order valence-corrected chi connectivity index (χ1v) is 9.47. The summed E-state index contributed by atoms with van der Waals surface area (Å²) < 4.78 is 11.0. The van der Waals surface area contributed by atoms with Crippen LogP contribution in [0, 0.1) is 6.92 Å². The van der Waals surface area contributed by atoms with Crippen molar-refractivity contribution in [3.05, 3.63) is 58.5 Å². The zero-order valence-electron chi connectivity index (χ0n) is 15.8. The van der Waals surface area contributed by atoms with Crippen molar-refractivity contribution in [1.82, 2.24) is 5.32 Å². The molecule has 0 spiro atoms. The smallest absolute Gasteiger partial charge is 0.264 e. The van der Waals surface area contributed by atoms with Gasteiger partial charge in [-0.05, 0) is 74.0 Å². The van der Waals surface area contributed by atoms with Crippen LogP contribution in [0.1, 0.15) is 25.0 Å². The highest BCUT2D eigenvalue weighted by Gasteiger charge is 2.24. The van der Waals surface area contributed by atoms with Crippen LogP contribution in [-0.2, 0) is 4.79 Å². The van der Waals surface area contributed by atoms with Gasteiger partial charge in [-0.25, -0.2) is 4.99 Å². The molecule has 1 aliphatic rings. The number of amidine groups is 1. The molecular weight excluding hydrogens is 360 g/mol. The van der Waals surface area contributed by atoms with Gasteiger partial charge >= 0.3 is 0 Å². The molecule has 2 aromatic rings. The minimum Gasteiger partial charge on any atom is -0.494 e. The van der Waals surface area contributed by atoms with E-state index in [1.165, 1.54) is 11.8 Å². The Morgan fingerprint density at radius 1 is 1.15 bits per heavy atom. The quantitative estimate of drug-likeness (QED) is 0.763. The lowest BCUT2D eigenvalue weighted by Crippen LogP contribution is -2.19. The molecule has 0 saturated carbocycles. The zero-order valence-corrected chi connectivity index (χ0v) is 16.6.